The van der Waals surface area contributed by atoms with E-state index in [0.29, 0.717) is 6.54 Å². The first-order valence-electron chi connectivity index (χ1n) is 4.69. The maximum atomic E-state index is 5.57. The zero-order valence-corrected chi connectivity index (χ0v) is 10.8. The number of nitrogens with two attached hydrogens (primary N) is 1. The molecule has 0 fully saturated rings. The van der Waals surface area contributed by atoms with Crippen molar-refractivity contribution >= 4 is 27.3 Å². The topological polar surface area (TPSA) is 43.8 Å². The van der Waals surface area contributed by atoms with Gasteiger partial charge in [0.15, 0.2) is 0 Å². The molecule has 0 aliphatic rings. The minimum absolute atomic E-state index is 0.635. The highest BCUT2D eigenvalue weighted by molar-refractivity contribution is 9.11. The third-order valence-electron chi connectivity index (χ3n) is 2.13. The fourth-order valence-electron chi connectivity index (χ4n) is 1.52. The summed E-state index contributed by atoms with van der Waals surface area (Å²) in [5, 5.41) is 4.41. The normalized spacial score (nSPS) is 10.9. The summed E-state index contributed by atoms with van der Waals surface area (Å²) in [6.45, 7) is 0.635. The number of aromatic nitrogens is 2. The number of hydrogen-bond acceptors (Lipinski definition) is 3. The molecule has 2 aromatic heterocycles. The summed E-state index contributed by atoms with van der Waals surface area (Å²) in [5.41, 5.74) is 7.84. The van der Waals surface area contributed by atoms with E-state index >= 15 is 0 Å². The quantitative estimate of drug-likeness (QED) is 0.941. The maximum Gasteiger partial charge on any atom is 0.0723 e. The Hall–Kier alpha value is -0.650. The van der Waals surface area contributed by atoms with E-state index in [1.165, 1.54) is 10.4 Å². The third-order valence-corrected chi connectivity index (χ3v) is 3.78. The molecule has 0 unspecified atom stereocenters. The molecule has 0 atom stereocenters. The largest absolute Gasteiger partial charge is 0.330 e. The van der Waals surface area contributed by atoms with E-state index in [4.69, 9.17) is 5.73 Å². The third kappa shape index (κ3) is 2.30. The minimum atomic E-state index is 0.635. The van der Waals surface area contributed by atoms with Gasteiger partial charge in [-0.05, 0) is 34.6 Å². The van der Waals surface area contributed by atoms with Gasteiger partial charge in [0, 0.05) is 30.1 Å². The first kappa shape index (κ1) is 10.9. The summed E-state index contributed by atoms with van der Waals surface area (Å²) in [6, 6.07) is 4.16. The fourth-order valence-corrected chi connectivity index (χ4v) is 2.94. The van der Waals surface area contributed by atoms with Crippen LogP contribution >= 0.6 is 27.3 Å². The molecule has 2 aromatic rings. The van der Waals surface area contributed by atoms with E-state index in [9.17, 15) is 0 Å². The predicted octanol–water partition coefficient (Wildman–Crippen LogP) is 2.41. The molecule has 3 nitrogen and oxygen atoms in total. The van der Waals surface area contributed by atoms with Gasteiger partial charge < -0.3 is 5.73 Å². The van der Waals surface area contributed by atoms with Crippen LogP contribution in [0.25, 0.3) is 10.4 Å². The standard InChI is InChI=1S/C10H12BrN3S/c1-14-6-7(8(13-14)4-5-12)9-2-3-10(11)15-9/h2-3,6H,4-5,12H2,1H3. The Morgan fingerprint density at radius 2 is 2.33 bits per heavy atom. The molecular weight excluding hydrogens is 274 g/mol. The van der Waals surface area contributed by atoms with E-state index in [2.05, 4.69) is 33.2 Å². The van der Waals surface area contributed by atoms with Crippen LogP contribution in [0.5, 0.6) is 0 Å². The van der Waals surface area contributed by atoms with Gasteiger partial charge in [0.1, 0.15) is 0 Å². The van der Waals surface area contributed by atoms with Gasteiger partial charge in [-0.1, -0.05) is 0 Å². The number of aryl methyl sites for hydroxylation is 1. The fraction of sp³-hybridized carbons (Fsp3) is 0.300. The number of halogens is 1. The first-order valence-corrected chi connectivity index (χ1v) is 6.30. The number of hydrogen-bond donors (Lipinski definition) is 1. The summed E-state index contributed by atoms with van der Waals surface area (Å²) in [7, 11) is 1.94. The summed E-state index contributed by atoms with van der Waals surface area (Å²) < 4.78 is 2.98. The van der Waals surface area contributed by atoms with Crippen molar-refractivity contribution in [1.29, 1.82) is 0 Å². The average Bonchev–Trinajstić information content (AvgIpc) is 2.73. The molecule has 0 amide bonds. The van der Waals surface area contributed by atoms with Crippen molar-refractivity contribution < 1.29 is 0 Å². The van der Waals surface area contributed by atoms with Crippen molar-refractivity contribution in [1.82, 2.24) is 9.78 Å². The molecule has 0 bridgehead atoms. The van der Waals surface area contributed by atoms with Crippen molar-refractivity contribution in [2.24, 2.45) is 12.8 Å². The van der Waals surface area contributed by atoms with Crippen molar-refractivity contribution in [2.45, 2.75) is 6.42 Å². The van der Waals surface area contributed by atoms with Crippen molar-refractivity contribution in [3.05, 3.63) is 27.8 Å². The highest BCUT2D eigenvalue weighted by Crippen LogP contribution is 2.32. The number of rotatable bonds is 3. The van der Waals surface area contributed by atoms with E-state index < -0.39 is 0 Å². The molecule has 0 aliphatic carbocycles. The van der Waals surface area contributed by atoms with Crippen LogP contribution in [0.3, 0.4) is 0 Å². The summed E-state index contributed by atoms with van der Waals surface area (Å²) in [5.74, 6) is 0. The van der Waals surface area contributed by atoms with Gasteiger partial charge in [-0.25, -0.2) is 0 Å². The second-order valence-corrected chi connectivity index (χ2v) is 5.77. The van der Waals surface area contributed by atoms with Crippen LogP contribution in [0.2, 0.25) is 0 Å². The Kier molecular flexibility index (Phi) is 3.23. The molecule has 0 spiro atoms. The van der Waals surface area contributed by atoms with Gasteiger partial charge in [0.25, 0.3) is 0 Å². The predicted molar refractivity (Wildman–Crippen MR) is 67.0 cm³/mol. The minimum Gasteiger partial charge on any atom is -0.330 e. The molecule has 2 rings (SSSR count). The molecule has 0 aliphatic heterocycles. The second kappa shape index (κ2) is 4.47. The average molecular weight is 286 g/mol. The van der Waals surface area contributed by atoms with E-state index in [1.54, 1.807) is 11.3 Å². The Morgan fingerprint density at radius 1 is 1.53 bits per heavy atom. The van der Waals surface area contributed by atoms with Crippen LogP contribution in [0, 0.1) is 0 Å². The Morgan fingerprint density at radius 3 is 2.93 bits per heavy atom. The Balaban J connectivity index is 2.42. The summed E-state index contributed by atoms with van der Waals surface area (Å²) in [6.07, 6.45) is 2.87. The molecule has 0 radical (unpaired) electrons. The molecule has 0 saturated heterocycles. The Labute approximate surface area is 101 Å². The lowest BCUT2D eigenvalue weighted by molar-refractivity contribution is 0.739. The van der Waals surface area contributed by atoms with Crippen LogP contribution < -0.4 is 5.73 Å². The second-order valence-electron chi connectivity index (χ2n) is 3.31. The summed E-state index contributed by atoms with van der Waals surface area (Å²) >= 11 is 5.18. The number of thiophene rings is 1. The lowest BCUT2D eigenvalue weighted by Gasteiger charge is -1.96. The van der Waals surface area contributed by atoms with Gasteiger partial charge in [-0.15, -0.1) is 11.3 Å². The van der Waals surface area contributed by atoms with Crippen molar-refractivity contribution in [2.75, 3.05) is 6.54 Å². The molecule has 15 heavy (non-hydrogen) atoms. The SMILES string of the molecule is Cn1cc(-c2ccc(Br)s2)c(CCN)n1. The maximum absolute atomic E-state index is 5.57. The first-order chi connectivity index (χ1) is 7.20. The molecule has 0 aromatic carbocycles. The van der Waals surface area contributed by atoms with E-state index in [1.807, 2.05) is 17.9 Å². The van der Waals surface area contributed by atoms with E-state index in [-0.39, 0.29) is 0 Å². The van der Waals surface area contributed by atoms with Crippen LogP contribution in [0.4, 0.5) is 0 Å². The molecular formula is C10H12BrN3S. The van der Waals surface area contributed by atoms with Crippen LogP contribution in [-0.4, -0.2) is 16.3 Å². The molecule has 80 valence electrons. The van der Waals surface area contributed by atoms with Gasteiger partial charge in [-0.2, -0.15) is 5.10 Å². The van der Waals surface area contributed by atoms with Gasteiger partial charge in [0.05, 0.1) is 9.48 Å². The number of nitrogens with zero attached hydrogens (tertiary/aromatic N) is 2. The highest BCUT2D eigenvalue weighted by atomic mass is 79.9. The van der Waals surface area contributed by atoms with Gasteiger partial charge in [-0.3, -0.25) is 4.68 Å². The smallest absolute Gasteiger partial charge is 0.0723 e. The van der Waals surface area contributed by atoms with Crippen LogP contribution in [0.1, 0.15) is 5.69 Å². The van der Waals surface area contributed by atoms with Crippen molar-refractivity contribution in [3.8, 4) is 10.4 Å². The van der Waals surface area contributed by atoms with E-state index in [0.717, 1.165) is 15.9 Å². The zero-order chi connectivity index (χ0) is 10.8. The monoisotopic (exact) mass is 285 g/mol. The molecule has 5 heteroatoms. The van der Waals surface area contributed by atoms with Crippen LogP contribution in [0.15, 0.2) is 22.1 Å². The van der Waals surface area contributed by atoms with Gasteiger partial charge >= 0.3 is 0 Å². The van der Waals surface area contributed by atoms with Gasteiger partial charge in [0.2, 0.25) is 0 Å². The molecule has 0 saturated carbocycles. The summed E-state index contributed by atoms with van der Waals surface area (Å²) in [4.78, 5) is 1.23. The van der Waals surface area contributed by atoms with Crippen molar-refractivity contribution in [3.63, 3.8) is 0 Å². The molecule has 2 N–H and O–H groups in total. The highest BCUT2D eigenvalue weighted by Gasteiger charge is 2.10. The lowest BCUT2D eigenvalue weighted by atomic mass is 10.2. The lowest BCUT2D eigenvalue weighted by Crippen LogP contribution is -2.04. The zero-order valence-electron chi connectivity index (χ0n) is 8.40. The Bertz CT molecular complexity index is 461. The van der Waals surface area contributed by atoms with Crippen LogP contribution in [-0.2, 0) is 13.5 Å². The molecule has 2 heterocycles.